The Balaban J connectivity index is 4.05. The molecule has 0 fully saturated rings. The molecule has 0 aromatic rings. The van der Waals surface area contributed by atoms with Crippen LogP contribution in [0.5, 0.6) is 0 Å². The molecule has 0 aromatic carbocycles. The van der Waals surface area contributed by atoms with Crippen LogP contribution in [0.25, 0.3) is 0 Å². The molecule has 0 rings (SSSR count). The minimum atomic E-state index is -1.10. The van der Waals surface area contributed by atoms with E-state index in [4.69, 9.17) is 5.11 Å². The Bertz CT molecular complexity index is 314. The number of rotatable bonds is 9. The number of aliphatic carboxylic acids is 1. The van der Waals surface area contributed by atoms with Crippen LogP contribution < -0.4 is 5.32 Å². The van der Waals surface area contributed by atoms with E-state index in [2.05, 4.69) is 16.6 Å². The van der Waals surface area contributed by atoms with Crippen molar-refractivity contribution in [3.05, 3.63) is 12.7 Å². The Morgan fingerprint density at radius 1 is 1.39 bits per heavy atom. The number of hydrogen-bond acceptors (Lipinski definition) is 4. The first-order chi connectivity index (χ1) is 8.51. The standard InChI is InChI=1S/C12H19NO5/c1-3-5-6-9(12(16)17)13-10(14)7-8-11(15)18-4-2/h3,9H,1,4-8H2,2H3,(H,13,14)(H,16,17)/t9-/m0/s1. The summed E-state index contributed by atoms with van der Waals surface area (Å²) in [4.78, 5) is 33.3. The van der Waals surface area contributed by atoms with Gasteiger partial charge >= 0.3 is 11.9 Å². The molecule has 0 saturated carbocycles. The maximum Gasteiger partial charge on any atom is 0.326 e. The monoisotopic (exact) mass is 257 g/mol. The van der Waals surface area contributed by atoms with Gasteiger partial charge in [0.05, 0.1) is 13.0 Å². The summed E-state index contributed by atoms with van der Waals surface area (Å²) in [5.41, 5.74) is 0. The molecule has 1 amide bonds. The lowest BCUT2D eigenvalue weighted by Gasteiger charge is -2.13. The number of esters is 1. The highest BCUT2D eigenvalue weighted by atomic mass is 16.5. The third kappa shape index (κ3) is 7.43. The quantitative estimate of drug-likeness (QED) is 0.472. The molecule has 2 N–H and O–H groups in total. The lowest BCUT2D eigenvalue weighted by Crippen LogP contribution is -2.40. The zero-order valence-electron chi connectivity index (χ0n) is 10.5. The Labute approximate surface area is 106 Å². The van der Waals surface area contributed by atoms with Gasteiger partial charge in [-0.05, 0) is 19.8 Å². The average Bonchev–Trinajstić information content (AvgIpc) is 2.32. The van der Waals surface area contributed by atoms with Crippen LogP contribution in [-0.4, -0.2) is 35.6 Å². The van der Waals surface area contributed by atoms with Crippen molar-refractivity contribution in [3.8, 4) is 0 Å². The van der Waals surface area contributed by atoms with Crippen molar-refractivity contribution in [3.63, 3.8) is 0 Å². The minimum Gasteiger partial charge on any atom is -0.480 e. The molecule has 0 spiro atoms. The van der Waals surface area contributed by atoms with Crippen LogP contribution >= 0.6 is 0 Å². The smallest absolute Gasteiger partial charge is 0.326 e. The molecule has 0 aliphatic heterocycles. The van der Waals surface area contributed by atoms with Gasteiger partial charge in [-0.3, -0.25) is 9.59 Å². The molecule has 6 heteroatoms. The topological polar surface area (TPSA) is 92.7 Å². The summed E-state index contributed by atoms with van der Waals surface area (Å²) < 4.78 is 4.66. The summed E-state index contributed by atoms with van der Waals surface area (Å²) in [6.45, 7) is 5.42. The number of carbonyl (C=O) groups is 3. The molecule has 1 atom stereocenters. The molecule has 0 unspecified atom stereocenters. The largest absolute Gasteiger partial charge is 0.480 e. The van der Waals surface area contributed by atoms with Crippen LogP contribution in [0.2, 0.25) is 0 Å². The Hall–Kier alpha value is -1.85. The second-order valence-corrected chi connectivity index (χ2v) is 3.63. The van der Waals surface area contributed by atoms with E-state index in [1.807, 2.05) is 0 Å². The highest BCUT2D eigenvalue weighted by Gasteiger charge is 2.19. The number of amides is 1. The predicted octanol–water partition coefficient (Wildman–Crippen LogP) is 0.865. The van der Waals surface area contributed by atoms with Crippen LogP contribution in [-0.2, 0) is 19.1 Å². The first-order valence-corrected chi connectivity index (χ1v) is 5.80. The van der Waals surface area contributed by atoms with Crippen molar-refractivity contribution in [2.24, 2.45) is 0 Å². The van der Waals surface area contributed by atoms with Crippen LogP contribution in [0.3, 0.4) is 0 Å². The van der Waals surface area contributed by atoms with E-state index in [-0.39, 0.29) is 25.9 Å². The van der Waals surface area contributed by atoms with Crippen molar-refractivity contribution in [1.29, 1.82) is 0 Å². The SMILES string of the molecule is C=CCC[C@H](NC(=O)CCC(=O)OCC)C(=O)O. The van der Waals surface area contributed by atoms with Gasteiger partial charge in [-0.25, -0.2) is 4.79 Å². The maximum absolute atomic E-state index is 11.4. The summed E-state index contributed by atoms with van der Waals surface area (Å²) in [6.07, 6.45) is 2.24. The number of hydrogen-bond donors (Lipinski definition) is 2. The van der Waals surface area contributed by atoms with Crippen molar-refractivity contribution < 1.29 is 24.2 Å². The average molecular weight is 257 g/mol. The number of carbonyl (C=O) groups excluding carboxylic acids is 2. The van der Waals surface area contributed by atoms with E-state index >= 15 is 0 Å². The predicted molar refractivity (Wildman–Crippen MR) is 64.9 cm³/mol. The van der Waals surface area contributed by atoms with Crippen LogP contribution in [0.1, 0.15) is 32.6 Å². The summed E-state index contributed by atoms with van der Waals surface area (Å²) in [6, 6.07) is -0.947. The van der Waals surface area contributed by atoms with E-state index < -0.39 is 23.9 Å². The van der Waals surface area contributed by atoms with E-state index in [9.17, 15) is 14.4 Å². The van der Waals surface area contributed by atoms with Crippen molar-refractivity contribution in [1.82, 2.24) is 5.32 Å². The summed E-state index contributed by atoms with van der Waals surface area (Å²) in [5.74, 6) is -2.04. The zero-order valence-corrected chi connectivity index (χ0v) is 10.5. The molecular weight excluding hydrogens is 238 g/mol. The fourth-order valence-corrected chi connectivity index (χ4v) is 1.26. The van der Waals surface area contributed by atoms with Gasteiger partial charge in [0, 0.05) is 6.42 Å². The van der Waals surface area contributed by atoms with Crippen LogP contribution in [0.15, 0.2) is 12.7 Å². The molecule has 0 aliphatic rings. The van der Waals surface area contributed by atoms with Gasteiger partial charge in [-0.2, -0.15) is 0 Å². The Kier molecular flexibility index (Phi) is 8.26. The first-order valence-electron chi connectivity index (χ1n) is 5.80. The summed E-state index contributed by atoms with van der Waals surface area (Å²) >= 11 is 0. The fourth-order valence-electron chi connectivity index (χ4n) is 1.26. The van der Waals surface area contributed by atoms with E-state index in [1.165, 1.54) is 0 Å². The maximum atomic E-state index is 11.4. The first kappa shape index (κ1) is 16.1. The number of nitrogens with one attached hydrogen (secondary N) is 1. The fraction of sp³-hybridized carbons (Fsp3) is 0.583. The number of carboxylic acid groups (broad SMARTS) is 1. The van der Waals surface area contributed by atoms with Gasteiger partial charge in [0.2, 0.25) is 5.91 Å². The number of carboxylic acids is 1. The molecule has 0 aromatic heterocycles. The van der Waals surface area contributed by atoms with Gasteiger partial charge in [0.25, 0.3) is 0 Å². The molecule has 0 bridgehead atoms. The summed E-state index contributed by atoms with van der Waals surface area (Å²) in [5, 5.41) is 11.2. The molecule has 0 aliphatic carbocycles. The second-order valence-electron chi connectivity index (χ2n) is 3.63. The van der Waals surface area contributed by atoms with Crippen LogP contribution in [0.4, 0.5) is 0 Å². The van der Waals surface area contributed by atoms with E-state index in [0.29, 0.717) is 6.42 Å². The van der Waals surface area contributed by atoms with Gasteiger partial charge in [0.15, 0.2) is 0 Å². The minimum absolute atomic E-state index is 0.0481. The van der Waals surface area contributed by atoms with Crippen molar-refractivity contribution >= 4 is 17.8 Å². The van der Waals surface area contributed by atoms with Crippen molar-refractivity contribution in [2.75, 3.05) is 6.61 Å². The molecule has 0 saturated heterocycles. The molecule has 102 valence electrons. The van der Waals surface area contributed by atoms with Crippen molar-refractivity contribution in [2.45, 2.75) is 38.6 Å². The lowest BCUT2D eigenvalue weighted by atomic mass is 10.1. The van der Waals surface area contributed by atoms with Gasteiger partial charge in [-0.1, -0.05) is 6.08 Å². The van der Waals surface area contributed by atoms with E-state index in [0.717, 1.165) is 0 Å². The third-order valence-corrected chi connectivity index (χ3v) is 2.15. The van der Waals surface area contributed by atoms with E-state index in [1.54, 1.807) is 13.0 Å². The van der Waals surface area contributed by atoms with Gasteiger partial charge in [0.1, 0.15) is 6.04 Å². The highest BCUT2D eigenvalue weighted by molar-refractivity contribution is 5.85. The molecule has 6 nitrogen and oxygen atoms in total. The normalized spacial score (nSPS) is 11.4. The zero-order chi connectivity index (χ0) is 14.0. The molecule has 18 heavy (non-hydrogen) atoms. The highest BCUT2D eigenvalue weighted by Crippen LogP contribution is 2.00. The van der Waals surface area contributed by atoms with Gasteiger partial charge in [-0.15, -0.1) is 6.58 Å². The molecule has 0 heterocycles. The molecular formula is C12H19NO5. The summed E-state index contributed by atoms with van der Waals surface area (Å²) in [7, 11) is 0. The Morgan fingerprint density at radius 2 is 2.06 bits per heavy atom. The third-order valence-electron chi connectivity index (χ3n) is 2.15. The Morgan fingerprint density at radius 3 is 2.56 bits per heavy atom. The number of ether oxygens (including phenoxy) is 1. The second kappa shape index (κ2) is 9.21. The van der Waals surface area contributed by atoms with Crippen LogP contribution in [0, 0.1) is 0 Å². The number of allylic oxidation sites excluding steroid dienone is 1. The molecule has 0 radical (unpaired) electrons. The van der Waals surface area contributed by atoms with Gasteiger partial charge < -0.3 is 15.2 Å². The lowest BCUT2D eigenvalue weighted by molar-refractivity contribution is -0.145.